The Morgan fingerprint density at radius 1 is 1.18 bits per heavy atom. The predicted molar refractivity (Wildman–Crippen MR) is 146 cm³/mol. The van der Waals surface area contributed by atoms with E-state index in [1.54, 1.807) is 36.3 Å². The van der Waals surface area contributed by atoms with Crippen LogP contribution in [0, 0.1) is 19.7 Å². The van der Waals surface area contributed by atoms with Crippen LogP contribution in [0.15, 0.2) is 42.7 Å². The van der Waals surface area contributed by atoms with Crippen LogP contribution in [0.3, 0.4) is 0 Å². The Hall–Kier alpha value is -3.90. The van der Waals surface area contributed by atoms with E-state index in [4.69, 9.17) is 5.84 Å². The van der Waals surface area contributed by atoms with Crippen LogP contribution in [0.1, 0.15) is 39.7 Å². The number of nitrogens with one attached hydrogen (secondary N) is 2. The van der Waals surface area contributed by atoms with Crippen LogP contribution in [0.25, 0.3) is 5.57 Å². The third-order valence-electron chi connectivity index (χ3n) is 6.47. The Labute approximate surface area is 225 Å². The first kappa shape index (κ1) is 29.7. The van der Waals surface area contributed by atoms with Gasteiger partial charge in [0.05, 0.1) is 23.1 Å². The number of likely N-dealkylation sites (N-methyl/N-ethyl adjacent to an activating group) is 2. The number of hydrazine groups is 1. The number of anilines is 3. The lowest BCUT2D eigenvalue weighted by atomic mass is 10.1. The number of hydrogen-bond donors (Lipinski definition) is 3. The summed E-state index contributed by atoms with van der Waals surface area (Å²) in [4.78, 5) is 14.4. The third-order valence-corrected chi connectivity index (χ3v) is 6.47. The van der Waals surface area contributed by atoms with Gasteiger partial charge in [0.2, 0.25) is 0 Å². The van der Waals surface area contributed by atoms with E-state index in [1.807, 2.05) is 27.8 Å². The molecule has 1 amide bonds. The highest BCUT2D eigenvalue weighted by molar-refractivity contribution is 6.05. The quantitative estimate of drug-likeness (QED) is 0.202. The number of nitrogens with zero attached hydrogens (tertiary/aromatic N) is 4. The van der Waals surface area contributed by atoms with Gasteiger partial charge in [-0.2, -0.15) is 18.3 Å². The Balaban J connectivity index is 1.93. The van der Waals surface area contributed by atoms with Gasteiger partial charge in [0, 0.05) is 55.9 Å². The highest BCUT2D eigenvalue weighted by Crippen LogP contribution is 2.37. The number of hydrogen-bond acceptors (Lipinski definition) is 6. The van der Waals surface area contributed by atoms with Crippen molar-refractivity contribution in [2.75, 3.05) is 42.4 Å². The fourth-order valence-corrected chi connectivity index (χ4v) is 4.03. The number of aromatic nitrogens is 2. The summed E-state index contributed by atoms with van der Waals surface area (Å²) in [5, 5.41) is 11.0. The van der Waals surface area contributed by atoms with Crippen LogP contribution in [0.5, 0.6) is 0 Å². The molecular formula is C27H33F4N7O. The number of amides is 1. The average Bonchev–Trinajstić information content (AvgIpc) is 3.20. The van der Waals surface area contributed by atoms with E-state index in [9.17, 15) is 22.4 Å². The van der Waals surface area contributed by atoms with Crippen molar-refractivity contribution in [2.24, 2.45) is 12.9 Å². The SMILES string of the molecule is CNCCN(C)c1cc(NC(=O)c2ccc(C)c(N(N)/C=C(\C)c3cnn(C)c3C)c2)cc(C(F)(F)F)c1F. The molecule has 12 heteroatoms. The fourth-order valence-electron chi connectivity index (χ4n) is 4.03. The second-order valence-corrected chi connectivity index (χ2v) is 9.32. The smallest absolute Gasteiger partial charge is 0.371 e. The fraction of sp³-hybridized carbons (Fsp3) is 0.333. The number of carbonyl (C=O) groups is 1. The molecule has 210 valence electrons. The molecule has 0 bridgehead atoms. The van der Waals surface area contributed by atoms with Gasteiger partial charge >= 0.3 is 6.18 Å². The number of benzene rings is 2. The molecule has 3 aromatic rings. The van der Waals surface area contributed by atoms with Gasteiger partial charge in [-0.05, 0) is 63.2 Å². The first-order valence-electron chi connectivity index (χ1n) is 12.1. The topological polar surface area (TPSA) is 91.4 Å². The summed E-state index contributed by atoms with van der Waals surface area (Å²) in [5.41, 5.74) is 2.24. The van der Waals surface area contributed by atoms with Crippen LogP contribution in [-0.2, 0) is 13.2 Å². The molecule has 0 radical (unpaired) electrons. The molecule has 0 atom stereocenters. The number of alkyl halides is 3. The largest absolute Gasteiger partial charge is 0.419 e. The zero-order chi connectivity index (χ0) is 29.1. The minimum Gasteiger partial charge on any atom is -0.371 e. The number of allylic oxidation sites excluding steroid dienone is 1. The molecule has 0 saturated carbocycles. The van der Waals surface area contributed by atoms with Crippen LogP contribution >= 0.6 is 0 Å². The summed E-state index contributed by atoms with van der Waals surface area (Å²) in [5.74, 6) is 4.24. The molecule has 8 nitrogen and oxygen atoms in total. The Kier molecular flexibility index (Phi) is 9.03. The average molecular weight is 548 g/mol. The highest BCUT2D eigenvalue weighted by atomic mass is 19.4. The predicted octanol–water partition coefficient (Wildman–Crippen LogP) is 4.84. The first-order chi connectivity index (χ1) is 18.2. The Bertz CT molecular complexity index is 1380. The molecule has 0 aliphatic carbocycles. The standard InChI is InChI=1S/C27H33F4N7O/c1-16-7-8-19(11-23(16)38(32)15-17(2)21-14-34-37(6)18(21)3)26(39)35-20-12-22(27(29,30)31)25(28)24(13-20)36(5)10-9-33-4/h7-8,11-15,33H,9-10,32H2,1-6H3,(H,35,39)/b17-15+. The van der Waals surface area contributed by atoms with Gasteiger partial charge in [-0.15, -0.1) is 0 Å². The minimum absolute atomic E-state index is 0.164. The van der Waals surface area contributed by atoms with E-state index < -0.39 is 23.5 Å². The van der Waals surface area contributed by atoms with Crippen molar-refractivity contribution in [3.8, 4) is 0 Å². The van der Waals surface area contributed by atoms with Crippen molar-refractivity contribution in [2.45, 2.75) is 26.9 Å². The van der Waals surface area contributed by atoms with Crippen LogP contribution in [0.4, 0.5) is 34.6 Å². The zero-order valence-corrected chi connectivity index (χ0v) is 22.7. The van der Waals surface area contributed by atoms with Gasteiger partial charge in [-0.25, -0.2) is 10.2 Å². The summed E-state index contributed by atoms with van der Waals surface area (Å²) >= 11 is 0. The van der Waals surface area contributed by atoms with Gasteiger partial charge in [0.25, 0.3) is 5.91 Å². The molecule has 2 aromatic carbocycles. The maximum Gasteiger partial charge on any atom is 0.419 e. The van der Waals surface area contributed by atoms with Crippen LogP contribution in [0.2, 0.25) is 0 Å². The van der Waals surface area contributed by atoms with Crippen molar-refractivity contribution in [3.05, 3.63) is 76.5 Å². The lowest BCUT2D eigenvalue weighted by Gasteiger charge is -2.23. The molecule has 0 aliphatic heterocycles. The monoisotopic (exact) mass is 547 g/mol. The van der Waals surface area contributed by atoms with Gasteiger partial charge in [-0.3, -0.25) is 14.5 Å². The van der Waals surface area contributed by atoms with Crippen LogP contribution < -0.4 is 26.4 Å². The summed E-state index contributed by atoms with van der Waals surface area (Å²) in [6.45, 7) is 6.30. The Morgan fingerprint density at radius 2 is 1.87 bits per heavy atom. The molecule has 4 N–H and O–H groups in total. The number of aryl methyl sites for hydroxylation is 2. The number of rotatable bonds is 9. The van der Waals surface area contributed by atoms with E-state index in [0.29, 0.717) is 18.3 Å². The first-order valence-corrected chi connectivity index (χ1v) is 12.1. The number of carbonyl (C=O) groups excluding carboxylic acids is 1. The minimum atomic E-state index is -4.95. The molecule has 3 rings (SSSR count). The summed E-state index contributed by atoms with van der Waals surface area (Å²) < 4.78 is 57.4. The van der Waals surface area contributed by atoms with E-state index in [2.05, 4.69) is 15.7 Å². The van der Waals surface area contributed by atoms with E-state index in [-0.39, 0.29) is 23.5 Å². The molecule has 0 spiro atoms. The van der Waals surface area contributed by atoms with Gasteiger partial charge in [0.1, 0.15) is 0 Å². The van der Waals surface area contributed by atoms with Gasteiger partial charge < -0.3 is 15.5 Å². The third kappa shape index (κ3) is 6.76. The lowest BCUT2D eigenvalue weighted by molar-refractivity contribution is -0.139. The molecule has 1 heterocycles. The van der Waals surface area contributed by atoms with Crippen molar-refractivity contribution in [3.63, 3.8) is 0 Å². The molecule has 39 heavy (non-hydrogen) atoms. The maximum atomic E-state index is 14.8. The maximum absolute atomic E-state index is 14.8. The second kappa shape index (κ2) is 11.9. The molecule has 0 fully saturated rings. The lowest BCUT2D eigenvalue weighted by Crippen LogP contribution is -2.28. The molecule has 1 aromatic heterocycles. The molecule has 0 saturated heterocycles. The normalized spacial score (nSPS) is 12.0. The second-order valence-electron chi connectivity index (χ2n) is 9.32. The molecule has 0 aliphatic rings. The number of halogens is 4. The number of nitrogens with two attached hydrogens (primary N) is 1. The molecular weight excluding hydrogens is 514 g/mol. The summed E-state index contributed by atoms with van der Waals surface area (Å²) in [6, 6.07) is 6.54. The van der Waals surface area contributed by atoms with Crippen molar-refractivity contribution >= 4 is 28.5 Å². The summed E-state index contributed by atoms with van der Waals surface area (Å²) in [7, 11) is 4.99. The van der Waals surface area contributed by atoms with E-state index in [1.165, 1.54) is 29.1 Å². The Morgan fingerprint density at radius 3 is 2.46 bits per heavy atom. The van der Waals surface area contributed by atoms with Gasteiger partial charge in [0.15, 0.2) is 5.82 Å². The highest BCUT2D eigenvalue weighted by Gasteiger charge is 2.36. The van der Waals surface area contributed by atoms with Gasteiger partial charge in [-0.1, -0.05) is 6.07 Å². The van der Waals surface area contributed by atoms with Crippen molar-refractivity contribution in [1.82, 2.24) is 15.1 Å². The van der Waals surface area contributed by atoms with Crippen molar-refractivity contribution in [1.29, 1.82) is 0 Å². The van der Waals surface area contributed by atoms with Crippen molar-refractivity contribution < 1.29 is 22.4 Å². The summed E-state index contributed by atoms with van der Waals surface area (Å²) in [6.07, 6.45) is -1.51. The van der Waals surface area contributed by atoms with E-state index >= 15 is 0 Å². The zero-order valence-electron chi connectivity index (χ0n) is 22.7. The molecule has 0 unspecified atom stereocenters. The van der Waals surface area contributed by atoms with Crippen LogP contribution in [-0.4, -0.2) is 42.9 Å². The van der Waals surface area contributed by atoms with E-state index in [0.717, 1.165) is 22.4 Å².